The lowest BCUT2D eigenvalue weighted by atomic mass is 9.94. The van der Waals surface area contributed by atoms with Gasteiger partial charge in [-0.3, -0.25) is 9.57 Å². The average molecular weight is 389 g/mol. The smallest absolute Gasteiger partial charge is 0.276 e. The number of morpholine rings is 1. The van der Waals surface area contributed by atoms with Gasteiger partial charge >= 0.3 is 0 Å². The summed E-state index contributed by atoms with van der Waals surface area (Å²) in [6.45, 7) is 3.16. The number of carbonyl (C=O) groups excluding carboxylic acids is 1. The number of ether oxygens (including phenoxy) is 1. The summed E-state index contributed by atoms with van der Waals surface area (Å²) in [6, 6.07) is 9.48. The van der Waals surface area contributed by atoms with Gasteiger partial charge in [-0.2, -0.15) is 9.90 Å². The van der Waals surface area contributed by atoms with E-state index in [1.165, 1.54) is 4.80 Å². The zero-order valence-corrected chi connectivity index (χ0v) is 16.1. The normalized spacial score (nSPS) is 28.4. The fourth-order valence-electron chi connectivity index (χ4n) is 3.65. The summed E-state index contributed by atoms with van der Waals surface area (Å²) in [5.41, 5.74) is 1.24. The van der Waals surface area contributed by atoms with Crippen molar-refractivity contribution in [3.05, 3.63) is 41.7 Å². The Morgan fingerprint density at radius 3 is 2.63 bits per heavy atom. The van der Waals surface area contributed by atoms with Crippen LogP contribution < -0.4 is 0 Å². The van der Waals surface area contributed by atoms with Crippen LogP contribution in [0.25, 0.3) is 5.69 Å². The number of nitrogens with zero attached hydrogens (tertiary/aromatic N) is 4. The monoisotopic (exact) mass is 389 g/mol. The number of hydrogen-bond donors (Lipinski definition) is 1. The van der Waals surface area contributed by atoms with Crippen molar-refractivity contribution in [2.24, 2.45) is 0 Å². The predicted molar refractivity (Wildman–Crippen MR) is 101 cm³/mol. The third-order valence-electron chi connectivity index (χ3n) is 5.28. The van der Waals surface area contributed by atoms with Gasteiger partial charge in [0, 0.05) is 27.8 Å². The Labute approximate surface area is 158 Å². The first kappa shape index (κ1) is 18.1. The number of benzene rings is 1. The minimum absolute atomic E-state index is 0.158. The van der Waals surface area contributed by atoms with Gasteiger partial charge in [0.05, 0.1) is 30.1 Å². The number of aryl methyl sites for hydroxylation is 1. The summed E-state index contributed by atoms with van der Waals surface area (Å²) in [5, 5.41) is 8.79. The highest BCUT2D eigenvalue weighted by Crippen LogP contribution is 2.32. The standard InChI is InChI=1S/C18H23N5O3S/c1-14-16(21-23(20-14)15-5-3-2-4-6-15)17(24)22-9-10-26-18(13-22)7-11-27(19,25)12-8-18/h2-6,19H,7-13H2,1H3. The van der Waals surface area contributed by atoms with Gasteiger partial charge in [-0.1, -0.05) is 18.2 Å². The largest absolute Gasteiger partial charge is 0.371 e. The van der Waals surface area contributed by atoms with E-state index in [1.54, 1.807) is 11.8 Å². The van der Waals surface area contributed by atoms with Crippen LogP contribution in [-0.4, -0.2) is 66.8 Å². The van der Waals surface area contributed by atoms with E-state index in [4.69, 9.17) is 9.52 Å². The molecule has 4 rings (SSSR count). The van der Waals surface area contributed by atoms with E-state index in [1.807, 2.05) is 30.3 Å². The van der Waals surface area contributed by atoms with E-state index in [2.05, 4.69) is 10.2 Å². The highest BCUT2D eigenvalue weighted by Gasteiger charge is 2.42. The zero-order valence-electron chi connectivity index (χ0n) is 15.3. The molecule has 2 aromatic rings. The van der Waals surface area contributed by atoms with Crippen LogP contribution in [0.1, 0.15) is 29.0 Å². The molecule has 9 heteroatoms. The first-order valence-electron chi connectivity index (χ1n) is 9.04. The van der Waals surface area contributed by atoms with E-state index in [-0.39, 0.29) is 5.91 Å². The number of para-hydroxylation sites is 1. The van der Waals surface area contributed by atoms with Gasteiger partial charge < -0.3 is 9.64 Å². The van der Waals surface area contributed by atoms with E-state index in [9.17, 15) is 9.00 Å². The van der Waals surface area contributed by atoms with Gasteiger partial charge in [-0.05, 0) is 31.9 Å². The molecular formula is C18H23N5O3S. The van der Waals surface area contributed by atoms with Crippen molar-refractivity contribution in [3.63, 3.8) is 0 Å². The molecule has 0 saturated carbocycles. The molecule has 2 fully saturated rings. The number of rotatable bonds is 2. The van der Waals surface area contributed by atoms with Gasteiger partial charge in [0.1, 0.15) is 0 Å². The van der Waals surface area contributed by atoms with E-state index >= 15 is 0 Å². The van der Waals surface area contributed by atoms with Crippen molar-refractivity contribution in [2.75, 3.05) is 31.2 Å². The van der Waals surface area contributed by atoms with Gasteiger partial charge in [-0.15, -0.1) is 5.10 Å². The first-order chi connectivity index (χ1) is 12.9. The lowest BCUT2D eigenvalue weighted by Gasteiger charge is -2.45. The van der Waals surface area contributed by atoms with Crippen molar-refractivity contribution in [1.82, 2.24) is 19.9 Å². The molecule has 27 heavy (non-hydrogen) atoms. The number of amides is 1. The summed E-state index contributed by atoms with van der Waals surface area (Å²) in [6.07, 6.45) is 1.10. The molecule has 1 N–H and O–H groups in total. The van der Waals surface area contributed by atoms with Crippen molar-refractivity contribution >= 4 is 15.6 Å². The second-order valence-electron chi connectivity index (χ2n) is 7.24. The van der Waals surface area contributed by atoms with Gasteiger partial charge in [-0.25, -0.2) is 4.21 Å². The van der Waals surface area contributed by atoms with E-state index in [0.717, 1.165) is 5.69 Å². The molecule has 2 aliphatic heterocycles. The molecule has 0 unspecified atom stereocenters. The Morgan fingerprint density at radius 1 is 1.22 bits per heavy atom. The molecule has 3 heterocycles. The molecule has 0 aliphatic carbocycles. The third-order valence-corrected chi connectivity index (χ3v) is 7.01. The molecule has 2 aliphatic rings. The number of hydrogen-bond acceptors (Lipinski definition) is 6. The Bertz CT molecular complexity index is 941. The van der Waals surface area contributed by atoms with E-state index in [0.29, 0.717) is 55.4 Å². The van der Waals surface area contributed by atoms with Crippen molar-refractivity contribution in [3.8, 4) is 5.69 Å². The maximum absolute atomic E-state index is 13.1. The first-order valence-corrected chi connectivity index (χ1v) is 10.9. The zero-order chi connectivity index (χ0) is 19.1. The average Bonchev–Trinajstić information content (AvgIpc) is 3.07. The molecule has 0 radical (unpaired) electrons. The lowest BCUT2D eigenvalue weighted by Crippen LogP contribution is -2.56. The fourth-order valence-corrected chi connectivity index (χ4v) is 5.26. The fraction of sp³-hybridized carbons (Fsp3) is 0.500. The predicted octanol–water partition coefficient (Wildman–Crippen LogP) is 1.63. The van der Waals surface area contributed by atoms with Crippen LogP contribution >= 0.6 is 0 Å². The second-order valence-corrected chi connectivity index (χ2v) is 9.68. The lowest BCUT2D eigenvalue weighted by molar-refractivity contribution is -0.104. The highest BCUT2D eigenvalue weighted by molar-refractivity contribution is 7.92. The maximum atomic E-state index is 13.1. The summed E-state index contributed by atoms with van der Waals surface area (Å²) < 4.78 is 25.7. The molecular weight excluding hydrogens is 366 g/mol. The minimum Gasteiger partial charge on any atom is -0.371 e. The summed E-state index contributed by atoms with van der Waals surface area (Å²) in [4.78, 5) is 16.3. The molecule has 1 aromatic heterocycles. The van der Waals surface area contributed by atoms with Crippen LogP contribution in [0, 0.1) is 11.7 Å². The van der Waals surface area contributed by atoms with Crippen molar-refractivity contribution in [2.45, 2.75) is 25.4 Å². The van der Waals surface area contributed by atoms with Crippen LogP contribution in [-0.2, 0) is 14.5 Å². The minimum atomic E-state index is -2.49. The Morgan fingerprint density at radius 2 is 1.93 bits per heavy atom. The Hall–Kier alpha value is -2.26. The quantitative estimate of drug-likeness (QED) is 0.841. The Balaban J connectivity index is 1.54. The molecule has 1 spiro atoms. The maximum Gasteiger partial charge on any atom is 0.276 e. The number of nitrogens with one attached hydrogen (secondary N) is 1. The van der Waals surface area contributed by atoms with Crippen LogP contribution in [0.3, 0.4) is 0 Å². The second kappa shape index (κ2) is 6.72. The van der Waals surface area contributed by atoms with Gasteiger partial charge in [0.2, 0.25) is 0 Å². The van der Waals surface area contributed by atoms with Crippen molar-refractivity contribution < 1.29 is 13.7 Å². The van der Waals surface area contributed by atoms with Crippen LogP contribution in [0.15, 0.2) is 30.3 Å². The molecule has 2 saturated heterocycles. The van der Waals surface area contributed by atoms with Crippen molar-refractivity contribution in [1.29, 1.82) is 4.78 Å². The third kappa shape index (κ3) is 3.61. The molecule has 1 amide bonds. The number of aromatic nitrogens is 3. The Kier molecular flexibility index (Phi) is 4.51. The molecule has 0 atom stereocenters. The van der Waals surface area contributed by atoms with Gasteiger partial charge in [0.15, 0.2) is 5.69 Å². The molecule has 144 valence electrons. The summed E-state index contributed by atoms with van der Waals surface area (Å²) in [5.74, 6) is 0.505. The molecule has 0 bridgehead atoms. The van der Waals surface area contributed by atoms with Crippen LogP contribution in [0.5, 0.6) is 0 Å². The van der Waals surface area contributed by atoms with E-state index < -0.39 is 15.3 Å². The molecule has 8 nitrogen and oxygen atoms in total. The van der Waals surface area contributed by atoms with Crippen LogP contribution in [0.4, 0.5) is 0 Å². The number of carbonyl (C=O) groups is 1. The SMILES string of the molecule is Cc1nn(-c2ccccc2)nc1C(=O)N1CCOC2(CCS(=N)(=O)CC2)C1. The van der Waals surface area contributed by atoms with Gasteiger partial charge in [0.25, 0.3) is 5.91 Å². The summed E-state index contributed by atoms with van der Waals surface area (Å²) in [7, 11) is -2.49. The highest BCUT2D eigenvalue weighted by atomic mass is 32.2. The molecule has 1 aromatic carbocycles. The van der Waals surface area contributed by atoms with Crippen LogP contribution in [0.2, 0.25) is 0 Å². The topological polar surface area (TPSA) is 101 Å². The summed E-state index contributed by atoms with van der Waals surface area (Å²) >= 11 is 0.